The lowest BCUT2D eigenvalue weighted by Crippen LogP contribution is -2.31. The Kier molecular flexibility index (Phi) is 4.57. The molecule has 20 heavy (non-hydrogen) atoms. The summed E-state index contributed by atoms with van der Waals surface area (Å²) < 4.78 is 6.42. The molecule has 0 saturated carbocycles. The Bertz CT molecular complexity index is 589. The van der Waals surface area contributed by atoms with Crippen molar-refractivity contribution in [3.05, 3.63) is 46.4 Å². The van der Waals surface area contributed by atoms with E-state index in [1.54, 1.807) is 29.9 Å². The molecule has 0 aromatic carbocycles. The number of carbonyl (C=O) groups is 2. The Balaban J connectivity index is 2.14. The van der Waals surface area contributed by atoms with E-state index in [1.807, 2.05) is 17.5 Å². The van der Waals surface area contributed by atoms with Gasteiger partial charge < -0.3 is 14.6 Å². The van der Waals surface area contributed by atoms with Gasteiger partial charge in [0.05, 0.1) is 19.6 Å². The van der Waals surface area contributed by atoms with Crippen LogP contribution < -0.4 is 5.32 Å². The smallest absolute Gasteiger partial charge is 0.307 e. The van der Waals surface area contributed by atoms with Gasteiger partial charge in [0.2, 0.25) is 0 Å². The SMILES string of the molecule is COC(=O)CC(NC(=O)c1cccn1C)c1cccs1. The highest BCUT2D eigenvalue weighted by Gasteiger charge is 2.21. The molecule has 0 saturated heterocycles. The number of rotatable bonds is 5. The van der Waals surface area contributed by atoms with E-state index in [1.165, 1.54) is 18.4 Å². The third-order valence-corrected chi connectivity index (χ3v) is 3.95. The summed E-state index contributed by atoms with van der Waals surface area (Å²) in [4.78, 5) is 24.6. The Morgan fingerprint density at radius 2 is 2.20 bits per heavy atom. The Morgan fingerprint density at radius 1 is 1.40 bits per heavy atom. The molecule has 1 atom stereocenters. The summed E-state index contributed by atoms with van der Waals surface area (Å²) in [7, 11) is 3.14. The van der Waals surface area contributed by atoms with E-state index in [0.717, 1.165) is 4.88 Å². The monoisotopic (exact) mass is 292 g/mol. The highest BCUT2D eigenvalue weighted by Crippen LogP contribution is 2.23. The van der Waals surface area contributed by atoms with Crippen LogP contribution in [0, 0.1) is 0 Å². The first-order valence-electron chi connectivity index (χ1n) is 6.14. The van der Waals surface area contributed by atoms with Gasteiger partial charge in [-0.25, -0.2) is 0 Å². The van der Waals surface area contributed by atoms with Gasteiger partial charge in [-0.3, -0.25) is 9.59 Å². The number of ether oxygens (including phenoxy) is 1. The van der Waals surface area contributed by atoms with Gasteiger partial charge in [0.25, 0.3) is 5.91 Å². The number of carbonyl (C=O) groups excluding carboxylic acids is 2. The van der Waals surface area contributed by atoms with Crippen LogP contribution >= 0.6 is 11.3 Å². The molecular weight excluding hydrogens is 276 g/mol. The van der Waals surface area contributed by atoms with Crippen LogP contribution in [0.2, 0.25) is 0 Å². The quantitative estimate of drug-likeness (QED) is 0.859. The molecule has 2 aromatic heterocycles. The second-order valence-electron chi connectivity index (χ2n) is 4.33. The maximum absolute atomic E-state index is 12.2. The lowest BCUT2D eigenvalue weighted by Gasteiger charge is -2.16. The lowest BCUT2D eigenvalue weighted by atomic mass is 10.1. The zero-order valence-corrected chi connectivity index (χ0v) is 12.1. The van der Waals surface area contributed by atoms with Crippen LogP contribution in [0.4, 0.5) is 0 Å². The molecule has 0 aliphatic rings. The third kappa shape index (κ3) is 3.27. The van der Waals surface area contributed by atoms with Gasteiger partial charge >= 0.3 is 5.97 Å². The maximum Gasteiger partial charge on any atom is 0.307 e. The Morgan fingerprint density at radius 3 is 2.75 bits per heavy atom. The van der Waals surface area contributed by atoms with Crippen molar-refractivity contribution in [2.75, 3.05) is 7.11 Å². The molecule has 0 aliphatic carbocycles. The average Bonchev–Trinajstić information content (AvgIpc) is 3.08. The van der Waals surface area contributed by atoms with Crippen molar-refractivity contribution in [2.24, 2.45) is 7.05 Å². The fourth-order valence-corrected chi connectivity index (χ4v) is 2.67. The second-order valence-corrected chi connectivity index (χ2v) is 5.31. The molecule has 0 spiro atoms. The normalized spacial score (nSPS) is 11.9. The zero-order valence-electron chi connectivity index (χ0n) is 11.3. The standard InChI is InChI=1S/C14H16N2O3S/c1-16-7-3-5-11(16)14(18)15-10(9-13(17)19-2)12-6-4-8-20-12/h3-8,10H,9H2,1-2H3,(H,15,18). The summed E-state index contributed by atoms with van der Waals surface area (Å²) >= 11 is 1.50. The maximum atomic E-state index is 12.2. The molecule has 6 heteroatoms. The van der Waals surface area contributed by atoms with Gasteiger partial charge in [-0.15, -0.1) is 11.3 Å². The number of methoxy groups -OCH3 is 1. The fourth-order valence-electron chi connectivity index (χ4n) is 1.89. The summed E-state index contributed by atoms with van der Waals surface area (Å²) in [6, 6.07) is 6.95. The number of nitrogens with zero attached hydrogens (tertiary/aromatic N) is 1. The number of nitrogens with one attached hydrogen (secondary N) is 1. The van der Waals surface area contributed by atoms with Crippen molar-refractivity contribution >= 4 is 23.2 Å². The third-order valence-electron chi connectivity index (χ3n) is 2.97. The lowest BCUT2D eigenvalue weighted by molar-refractivity contribution is -0.141. The number of hydrogen-bond acceptors (Lipinski definition) is 4. The van der Waals surface area contributed by atoms with E-state index in [-0.39, 0.29) is 24.3 Å². The van der Waals surface area contributed by atoms with Crippen molar-refractivity contribution in [3.63, 3.8) is 0 Å². The molecule has 0 radical (unpaired) electrons. The first kappa shape index (κ1) is 14.3. The van der Waals surface area contributed by atoms with Crippen LogP contribution in [0.15, 0.2) is 35.8 Å². The number of aromatic nitrogens is 1. The summed E-state index contributed by atoms with van der Waals surface area (Å²) in [5.74, 6) is -0.560. The molecule has 2 aromatic rings. The molecule has 2 heterocycles. The number of aryl methyl sites for hydroxylation is 1. The van der Waals surface area contributed by atoms with E-state index in [0.29, 0.717) is 5.69 Å². The van der Waals surface area contributed by atoms with Crippen LogP contribution in [0.3, 0.4) is 0 Å². The molecule has 1 unspecified atom stereocenters. The predicted molar refractivity (Wildman–Crippen MR) is 76.6 cm³/mol. The van der Waals surface area contributed by atoms with E-state index in [2.05, 4.69) is 10.1 Å². The van der Waals surface area contributed by atoms with Gasteiger partial charge in [0.1, 0.15) is 5.69 Å². The summed E-state index contributed by atoms with van der Waals surface area (Å²) in [6.07, 6.45) is 1.92. The minimum atomic E-state index is -0.371. The molecule has 0 aliphatic heterocycles. The summed E-state index contributed by atoms with van der Waals surface area (Å²) in [6.45, 7) is 0. The molecule has 5 nitrogen and oxygen atoms in total. The molecule has 0 fully saturated rings. The first-order valence-corrected chi connectivity index (χ1v) is 7.02. The average molecular weight is 292 g/mol. The van der Waals surface area contributed by atoms with Crippen LogP contribution in [0.5, 0.6) is 0 Å². The number of esters is 1. The van der Waals surface area contributed by atoms with Crippen molar-refractivity contribution < 1.29 is 14.3 Å². The number of thiophene rings is 1. The largest absolute Gasteiger partial charge is 0.469 e. The van der Waals surface area contributed by atoms with E-state index in [4.69, 9.17) is 0 Å². The molecule has 106 valence electrons. The van der Waals surface area contributed by atoms with Crippen LogP contribution in [0.25, 0.3) is 0 Å². The van der Waals surface area contributed by atoms with Crippen molar-refractivity contribution in [1.82, 2.24) is 9.88 Å². The van der Waals surface area contributed by atoms with Crippen LogP contribution in [-0.2, 0) is 16.6 Å². The highest BCUT2D eigenvalue weighted by molar-refractivity contribution is 7.10. The van der Waals surface area contributed by atoms with Gasteiger partial charge in [-0.1, -0.05) is 6.07 Å². The molecule has 2 rings (SSSR count). The van der Waals surface area contributed by atoms with Gasteiger partial charge in [0, 0.05) is 18.1 Å². The number of hydrogen-bond donors (Lipinski definition) is 1. The van der Waals surface area contributed by atoms with Crippen molar-refractivity contribution in [3.8, 4) is 0 Å². The van der Waals surface area contributed by atoms with Crippen molar-refractivity contribution in [1.29, 1.82) is 0 Å². The molecule has 0 bridgehead atoms. The minimum absolute atomic E-state index is 0.118. The first-order chi connectivity index (χ1) is 9.61. The number of amides is 1. The second kappa shape index (κ2) is 6.38. The molecular formula is C14H16N2O3S. The van der Waals surface area contributed by atoms with Gasteiger partial charge in [-0.05, 0) is 23.6 Å². The summed E-state index contributed by atoms with van der Waals surface area (Å²) in [5.41, 5.74) is 0.552. The van der Waals surface area contributed by atoms with Crippen molar-refractivity contribution in [2.45, 2.75) is 12.5 Å². The summed E-state index contributed by atoms with van der Waals surface area (Å²) in [5, 5.41) is 4.79. The minimum Gasteiger partial charge on any atom is -0.469 e. The van der Waals surface area contributed by atoms with Crippen LogP contribution in [0.1, 0.15) is 27.8 Å². The van der Waals surface area contributed by atoms with E-state index >= 15 is 0 Å². The fraction of sp³-hybridized carbons (Fsp3) is 0.286. The van der Waals surface area contributed by atoms with Gasteiger partial charge in [-0.2, -0.15) is 0 Å². The van der Waals surface area contributed by atoms with Crippen LogP contribution in [-0.4, -0.2) is 23.6 Å². The van der Waals surface area contributed by atoms with Gasteiger partial charge in [0.15, 0.2) is 0 Å². The zero-order chi connectivity index (χ0) is 14.5. The van der Waals surface area contributed by atoms with E-state index in [9.17, 15) is 9.59 Å². The predicted octanol–water partition coefficient (Wildman–Crippen LogP) is 2.12. The topological polar surface area (TPSA) is 60.3 Å². The molecule has 1 amide bonds. The van der Waals surface area contributed by atoms with E-state index < -0.39 is 0 Å². The highest BCUT2D eigenvalue weighted by atomic mass is 32.1. The molecule has 1 N–H and O–H groups in total. The Labute approximate surface area is 121 Å². The Hall–Kier alpha value is -2.08.